The van der Waals surface area contributed by atoms with Crippen LogP contribution in [0.2, 0.25) is 5.02 Å². The Hall–Kier alpha value is -1.04. The van der Waals surface area contributed by atoms with E-state index in [0.29, 0.717) is 0 Å². The molecule has 2 N–H and O–H groups in total. The van der Waals surface area contributed by atoms with E-state index >= 15 is 0 Å². The lowest BCUT2D eigenvalue weighted by atomic mass is 10.1. The third kappa shape index (κ3) is 2.31. The molecule has 0 atom stereocenters. The molecule has 1 rings (SSSR count). The van der Waals surface area contributed by atoms with Crippen LogP contribution >= 0.6 is 11.6 Å². The molecule has 0 unspecified atom stereocenters. The van der Waals surface area contributed by atoms with Crippen LogP contribution in [0.3, 0.4) is 0 Å². The number of nitrogens with one attached hydrogen (secondary N) is 1. The molecular formula is C9H11ClFNO3. The zero-order chi connectivity index (χ0) is 11.4. The summed E-state index contributed by atoms with van der Waals surface area (Å²) in [6.45, 7) is -0.0985. The summed E-state index contributed by atoms with van der Waals surface area (Å²) in [6.07, 6.45) is 0. The molecule has 1 aromatic rings. The highest BCUT2D eigenvalue weighted by atomic mass is 35.5. The highest BCUT2D eigenvalue weighted by Gasteiger charge is 2.17. The number of hydrogen-bond acceptors (Lipinski definition) is 4. The second-order valence-electron chi connectivity index (χ2n) is 2.72. The van der Waals surface area contributed by atoms with Crippen molar-refractivity contribution in [2.75, 3.05) is 14.2 Å². The van der Waals surface area contributed by atoms with Gasteiger partial charge in [0.05, 0.1) is 20.8 Å². The first-order chi connectivity index (χ1) is 7.15. The number of ether oxygens (including phenoxy) is 2. The van der Waals surface area contributed by atoms with Crippen LogP contribution < -0.4 is 15.0 Å². The van der Waals surface area contributed by atoms with Crippen LogP contribution in [-0.4, -0.2) is 19.4 Å². The van der Waals surface area contributed by atoms with Crippen LogP contribution in [-0.2, 0) is 6.54 Å². The SMILES string of the molecule is COc1cc(OC)c(CNO)c(F)c1Cl. The fraction of sp³-hybridized carbons (Fsp3) is 0.333. The van der Waals surface area contributed by atoms with Crippen LogP contribution in [0, 0.1) is 5.82 Å². The van der Waals surface area contributed by atoms with Gasteiger partial charge in [-0.25, -0.2) is 9.87 Å². The van der Waals surface area contributed by atoms with Gasteiger partial charge in [-0.2, -0.15) is 0 Å². The molecule has 0 saturated carbocycles. The van der Waals surface area contributed by atoms with E-state index in [1.165, 1.54) is 20.3 Å². The molecule has 84 valence electrons. The van der Waals surface area contributed by atoms with Gasteiger partial charge in [0, 0.05) is 11.6 Å². The van der Waals surface area contributed by atoms with Crippen molar-refractivity contribution in [3.63, 3.8) is 0 Å². The van der Waals surface area contributed by atoms with E-state index in [1.807, 2.05) is 5.48 Å². The fourth-order valence-corrected chi connectivity index (χ4v) is 1.44. The van der Waals surface area contributed by atoms with Crippen LogP contribution in [0.5, 0.6) is 11.5 Å². The molecule has 0 aromatic heterocycles. The molecule has 15 heavy (non-hydrogen) atoms. The minimum absolute atomic E-state index is 0.0985. The summed E-state index contributed by atoms with van der Waals surface area (Å²) in [6, 6.07) is 1.46. The summed E-state index contributed by atoms with van der Waals surface area (Å²) < 4.78 is 23.5. The monoisotopic (exact) mass is 235 g/mol. The van der Waals surface area contributed by atoms with Gasteiger partial charge in [-0.1, -0.05) is 11.6 Å². The summed E-state index contributed by atoms with van der Waals surface area (Å²) in [5.41, 5.74) is 1.99. The molecule has 0 bridgehead atoms. The Kier molecular flexibility index (Phi) is 4.14. The van der Waals surface area contributed by atoms with Crippen molar-refractivity contribution in [3.8, 4) is 11.5 Å². The number of halogens is 2. The van der Waals surface area contributed by atoms with Gasteiger partial charge in [-0.3, -0.25) is 0 Å². The molecule has 0 heterocycles. The number of hydrogen-bond donors (Lipinski definition) is 2. The number of hydroxylamine groups is 1. The first-order valence-corrected chi connectivity index (χ1v) is 4.49. The Morgan fingerprint density at radius 3 is 2.47 bits per heavy atom. The lowest BCUT2D eigenvalue weighted by molar-refractivity contribution is 0.158. The minimum atomic E-state index is -0.672. The number of rotatable bonds is 4. The highest BCUT2D eigenvalue weighted by Crippen LogP contribution is 2.35. The van der Waals surface area contributed by atoms with Crippen LogP contribution in [0.4, 0.5) is 4.39 Å². The molecule has 0 spiro atoms. The molecule has 4 nitrogen and oxygen atoms in total. The normalized spacial score (nSPS) is 10.2. The van der Waals surface area contributed by atoms with Crippen molar-refractivity contribution >= 4 is 11.6 Å². The summed E-state index contributed by atoms with van der Waals surface area (Å²) in [7, 11) is 2.77. The van der Waals surface area contributed by atoms with E-state index < -0.39 is 5.82 Å². The Balaban J connectivity index is 3.30. The maximum atomic E-state index is 13.6. The molecule has 6 heteroatoms. The summed E-state index contributed by atoms with van der Waals surface area (Å²) >= 11 is 5.70. The molecule has 0 fully saturated rings. The maximum Gasteiger partial charge on any atom is 0.153 e. The van der Waals surface area contributed by atoms with Crippen LogP contribution in [0.25, 0.3) is 0 Å². The van der Waals surface area contributed by atoms with Crippen molar-refractivity contribution < 1.29 is 19.1 Å². The van der Waals surface area contributed by atoms with Gasteiger partial charge in [0.2, 0.25) is 0 Å². The average molecular weight is 236 g/mol. The number of methoxy groups -OCH3 is 2. The van der Waals surface area contributed by atoms with E-state index in [9.17, 15) is 4.39 Å². The maximum absolute atomic E-state index is 13.6. The molecule has 0 aliphatic heterocycles. The molecular weight excluding hydrogens is 225 g/mol. The Labute approximate surface area is 91.5 Å². The van der Waals surface area contributed by atoms with Gasteiger partial charge in [-0.05, 0) is 0 Å². The Morgan fingerprint density at radius 2 is 2.00 bits per heavy atom. The van der Waals surface area contributed by atoms with Gasteiger partial charge in [-0.15, -0.1) is 0 Å². The van der Waals surface area contributed by atoms with Crippen LogP contribution in [0.15, 0.2) is 6.07 Å². The van der Waals surface area contributed by atoms with Gasteiger partial charge in [0.1, 0.15) is 16.5 Å². The fourth-order valence-electron chi connectivity index (χ4n) is 1.19. The van der Waals surface area contributed by atoms with E-state index in [-0.39, 0.29) is 28.6 Å². The zero-order valence-electron chi connectivity index (χ0n) is 8.30. The summed E-state index contributed by atoms with van der Waals surface area (Å²) in [4.78, 5) is 0. The van der Waals surface area contributed by atoms with Crippen molar-refractivity contribution in [3.05, 3.63) is 22.5 Å². The average Bonchev–Trinajstić information content (AvgIpc) is 2.25. The minimum Gasteiger partial charge on any atom is -0.496 e. The third-order valence-corrected chi connectivity index (χ3v) is 2.28. The Morgan fingerprint density at radius 1 is 1.40 bits per heavy atom. The van der Waals surface area contributed by atoms with Gasteiger partial charge < -0.3 is 14.7 Å². The summed E-state index contributed by atoms with van der Waals surface area (Å²) in [5.74, 6) is -0.225. The number of benzene rings is 1. The van der Waals surface area contributed by atoms with Crippen molar-refractivity contribution in [2.45, 2.75) is 6.54 Å². The van der Waals surface area contributed by atoms with E-state index in [0.717, 1.165) is 0 Å². The lowest BCUT2D eigenvalue weighted by Crippen LogP contribution is -2.10. The van der Waals surface area contributed by atoms with Gasteiger partial charge in [0.15, 0.2) is 5.82 Å². The third-order valence-electron chi connectivity index (χ3n) is 1.93. The van der Waals surface area contributed by atoms with Crippen molar-refractivity contribution in [1.29, 1.82) is 0 Å². The molecule has 1 aromatic carbocycles. The van der Waals surface area contributed by atoms with Gasteiger partial charge >= 0.3 is 0 Å². The topological polar surface area (TPSA) is 50.7 Å². The predicted molar refractivity (Wildman–Crippen MR) is 53.1 cm³/mol. The highest BCUT2D eigenvalue weighted by molar-refractivity contribution is 6.32. The second-order valence-corrected chi connectivity index (χ2v) is 3.10. The first kappa shape index (κ1) is 12.0. The molecule has 0 radical (unpaired) electrons. The van der Waals surface area contributed by atoms with E-state index in [2.05, 4.69) is 0 Å². The smallest absolute Gasteiger partial charge is 0.153 e. The Bertz CT molecular complexity index is 360. The first-order valence-electron chi connectivity index (χ1n) is 4.11. The van der Waals surface area contributed by atoms with Gasteiger partial charge in [0.25, 0.3) is 0 Å². The molecule has 0 saturated heterocycles. The largest absolute Gasteiger partial charge is 0.496 e. The molecule has 0 amide bonds. The van der Waals surface area contributed by atoms with E-state index in [4.69, 9.17) is 26.3 Å². The van der Waals surface area contributed by atoms with E-state index in [1.54, 1.807) is 0 Å². The second kappa shape index (κ2) is 5.16. The summed E-state index contributed by atoms with van der Waals surface area (Å²) in [5, 5.41) is 8.40. The predicted octanol–water partition coefficient (Wildman–Crippen LogP) is 1.98. The van der Waals surface area contributed by atoms with Crippen molar-refractivity contribution in [2.24, 2.45) is 0 Å². The zero-order valence-corrected chi connectivity index (χ0v) is 9.06. The van der Waals surface area contributed by atoms with Crippen molar-refractivity contribution in [1.82, 2.24) is 5.48 Å². The standard InChI is InChI=1S/C9H11ClFNO3/c1-14-6-3-7(15-2)8(10)9(11)5(6)4-12-13/h3,12-13H,4H2,1-2H3. The molecule has 0 aliphatic carbocycles. The molecule has 0 aliphatic rings. The lowest BCUT2D eigenvalue weighted by Gasteiger charge is -2.12. The quantitative estimate of drug-likeness (QED) is 0.784. The van der Waals surface area contributed by atoms with Crippen LogP contribution in [0.1, 0.15) is 5.56 Å².